The topological polar surface area (TPSA) is 72.8 Å². The number of aliphatic hydroxyl groups excluding tert-OH is 1. The van der Waals surface area contributed by atoms with Crippen LogP contribution in [0.4, 0.5) is 0 Å². The number of hydrogen-bond donors (Lipinski definition) is 1. The van der Waals surface area contributed by atoms with Gasteiger partial charge in [-0.25, -0.2) is 0 Å². The van der Waals surface area contributed by atoms with E-state index in [0.29, 0.717) is 19.6 Å². The van der Waals surface area contributed by atoms with E-state index >= 15 is 0 Å². The van der Waals surface area contributed by atoms with Crippen LogP contribution < -0.4 is 0 Å². The third kappa shape index (κ3) is 10.9. The molecule has 0 spiro atoms. The molecule has 0 saturated heterocycles. The number of rotatable bonds is 14. The van der Waals surface area contributed by atoms with Gasteiger partial charge in [-0.3, -0.25) is 4.18 Å². The van der Waals surface area contributed by atoms with Gasteiger partial charge in [0.1, 0.15) is 5.25 Å². The second-order valence-corrected chi connectivity index (χ2v) is 6.89. The van der Waals surface area contributed by atoms with Crippen LogP contribution in [-0.2, 0) is 19.0 Å². The molecule has 21 heavy (non-hydrogen) atoms. The van der Waals surface area contributed by atoms with E-state index in [2.05, 4.69) is 4.18 Å². The van der Waals surface area contributed by atoms with Crippen molar-refractivity contribution in [3.63, 3.8) is 0 Å². The standard InChI is InChI=1S/C15H30O5S/c1-3-10-15(21(17,18)19-2)11-8-6-4-5-7-9-13-20-14-12-16/h3,10,15-16H,4-9,11-14H2,1-2H3/b10-3+. The maximum Gasteiger partial charge on any atom is 0.273 e. The Morgan fingerprint density at radius 1 is 1.05 bits per heavy atom. The lowest BCUT2D eigenvalue weighted by atomic mass is 10.1. The first-order valence-corrected chi connectivity index (χ1v) is 9.16. The third-order valence-corrected chi connectivity index (χ3v) is 4.87. The third-order valence-electron chi connectivity index (χ3n) is 3.27. The van der Waals surface area contributed by atoms with Gasteiger partial charge in [0.2, 0.25) is 0 Å². The van der Waals surface area contributed by atoms with Gasteiger partial charge in [-0.05, 0) is 19.8 Å². The van der Waals surface area contributed by atoms with Crippen molar-refractivity contribution >= 4 is 10.1 Å². The average Bonchev–Trinajstić information content (AvgIpc) is 2.48. The van der Waals surface area contributed by atoms with E-state index in [0.717, 1.165) is 38.5 Å². The second kappa shape index (κ2) is 13.2. The highest BCUT2D eigenvalue weighted by Gasteiger charge is 2.21. The van der Waals surface area contributed by atoms with Crippen molar-refractivity contribution in [2.45, 2.75) is 57.1 Å². The van der Waals surface area contributed by atoms with Gasteiger partial charge < -0.3 is 9.84 Å². The van der Waals surface area contributed by atoms with Crippen LogP contribution in [0.1, 0.15) is 51.9 Å². The van der Waals surface area contributed by atoms with E-state index in [4.69, 9.17) is 9.84 Å². The first kappa shape index (κ1) is 20.6. The molecule has 0 aliphatic rings. The molecule has 0 heterocycles. The van der Waals surface area contributed by atoms with Gasteiger partial charge in [-0.15, -0.1) is 0 Å². The maximum absolute atomic E-state index is 11.7. The van der Waals surface area contributed by atoms with Crippen LogP contribution in [-0.4, -0.2) is 45.7 Å². The summed E-state index contributed by atoms with van der Waals surface area (Å²) in [7, 11) is -2.24. The molecule has 0 aromatic rings. The van der Waals surface area contributed by atoms with E-state index in [9.17, 15) is 8.42 Å². The molecule has 1 atom stereocenters. The van der Waals surface area contributed by atoms with Crippen LogP contribution in [0.5, 0.6) is 0 Å². The lowest BCUT2D eigenvalue weighted by Gasteiger charge is -2.11. The summed E-state index contributed by atoms with van der Waals surface area (Å²) < 4.78 is 33.1. The molecule has 1 unspecified atom stereocenters. The highest BCUT2D eigenvalue weighted by Crippen LogP contribution is 2.15. The minimum atomic E-state index is -3.46. The summed E-state index contributed by atoms with van der Waals surface area (Å²) >= 11 is 0. The van der Waals surface area contributed by atoms with Crippen LogP contribution in [0.25, 0.3) is 0 Å². The zero-order chi connectivity index (χ0) is 16.0. The Morgan fingerprint density at radius 2 is 1.67 bits per heavy atom. The van der Waals surface area contributed by atoms with Crippen molar-refractivity contribution in [3.05, 3.63) is 12.2 Å². The molecule has 0 fully saturated rings. The van der Waals surface area contributed by atoms with Crippen molar-refractivity contribution in [1.82, 2.24) is 0 Å². The molecule has 1 N–H and O–H groups in total. The first-order valence-electron chi connectivity index (χ1n) is 7.69. The molecule has 5 nitrogen and oxygen atoms in total. The van der Waals surface area contributed by atoms with Gasteiger partial charge in [-0.1, -0.05) is 44.3 Å². The zero-order valence-corrected chi connectivity index (χ0v) is 14.1. The lowest BCUT2D eigenvalue weighted by Crippen LogP contribution is -2.20. The summed E-state index contributed by atoms with van der Waals surface area (Å²) in [5.41, 5.74) is 0. The molecule has 0 bridgehead atoms. The fraction of sp³-hybridized carbons (Fsp3) is 0.867. The van der Waals surface area contributed by atoms with Crippen LogP contribution in [0.15, 0.2) is 12.2 Å². The second-order valence-electron chi connectivity index (χ2n) is 4.97. The Labute approximate surface area is 129 Å². The summed E-state index contributed by atoms with van der Waals surface area (Å²) in [5.74, 6) is 0. The summed E-state index contributed by atoms with van der Waals surface area (Å²) in [6.07, 6.45) is 10.3. The molecular weight excluding hydrogens is 292 g/mol. The predicted molar refractivity (Wildman–Crippen MR) is 84.8 cm³/mol. The lowest BCUT2D eigenvalue weighted by molar-refractivity contribution is 0.0895. The van der Waals surface area contributed by atoms with Crippen molar-refractivity contribution < 1.29 is 22.4 Å². The molecule has 0 aliphatic carbocycles. The van der Waals surface area contributed by atoms with Crippen molar-refractivity contribution in [2.75, 3.05) is 26.9 Å². The molecule has 0 saturated carbocycles. The number of unbranched alkanes of at least 4 members (excludes halogenated alkanes) is 5. The highest BCUT2D eigenvalue weighted by atomic mass is 32.2. The molecular formula is C15H30O5S. The Morgan fingerprint density at radius 3 is 2.24 bits per heavy atom. The summed E-state index contributed by atoms with van der Waals surface area (Å²) in [6.45, 7) is 3.02. The minimum absolute atomic E-state index is 0.0811. The van der Waals surface area contributed by atoms with Gasteiger partial charge in [0.15, 0.2) is 0 Å². The average molecular weight is 322 g/mol. The number of allylic oxidation sites excluding steroid dienone is 1. The van der Waals surface area contributed by atoms with E-state index < -0.39 is 15.4 Å². The summed E-state index contributed by atoms with van der Waals surface area (Å²) in [4.78, 5) is 0. The van der Waals surface area contributed by atoms with Gasteiger partial charge in [0.05, 0.1) is 20.3 Å². The Balaban J connectivity index is 3.64. The van der Waals surface area contributed by atoms with Crippen molar-refractivity contribution in [3.8, 4) is 0 Å². The molecule has 0 amide bonds. The molecule has 6 heteroatoms. The first-order chi connectivity index (χ1) is 10.1. The van der Waals surface area contributed by atoms with Gasteiger partial charge >= 0.3 is 0 Å². The summed E-state index contributed by atoms with van der Waals surface area (Å²) in [5, 5.41) is 8.01. The fourth-order valence-electron chi connectivity index (χ4n) is 2.10. The maximum atomic E-state index is 11.7. The minimum Gasteiger partial charge on any atom is -0.394 e. The number of ether oxygens (including phenoxy) is 1. The quantitative estimate of drug-likeness (QED) is 0.302. The van der Waals surface area contributed by atoms with Crippen LogP contribution in [0.3, 0.4) is 0 Å². The van der Waals surface area contributed by atoms with E-state index in [1.54, 1.807) is 12.2 Å². The van der Waals surface area contributed by atoms with E-state index in [1.165, 1.54) is 7.11 Å². The zero-order valence-electron chi connectivity index (χ0n) is 13.3. The SMILES string of the molecule is C/C=C/C(CCCCCCCCOCCO)S(=O)(=O)OC. The van der Waals surface area contributed by atoms with E-state index in [-0.39, 0.29) is 6.61 Å². The monoisotopic (exact) mass is 322 g/mol. The van der Waals surface area contributed by atoms with E-state index in [1.807, 2.05) is 6.92 Å². The van der Waals surface area contributed by atoms with Crippen molar-refractivity contribution in [1.29, 1.82) is 0 Å². The van der Waals surface area contributed by atoms with Crippen LogP contribution >= 0.6 is 0 Å². The molecule has 126 valence electrons. The summed E-state index contributed by atoms with van der Waals surface area (Å²) in [6, 6.07) is 0. The van der Waals surface area contributed by atoms with Gasteiger partial charge in [0, 0.05) is 6.61 Å². The molecule has 0 rings (SSSR count). The molecule has 0 radical (unpaired) electrons. The predicted octanol–water partition coefficient (Wildman–Crippen LogP) is 2.65. The highest BCUT2D eigenvalue weighted by molar-refractivity contribution is 7.87. The van der Waals surface area contributed by atoms with Gasteiger partial charge in [-0.2, -0.15) is 8.42 Å². The number of hydrogen-bond acceptors (Lipinski definition) is 5. The van der Waals surface area contributed by atoms with Crippen LogP contribution in [0, 0.1) is 0 Å². The Bertz CT molecular complexity index is 351. The van der Waals surface area contributed by atoms with Crippen molar-refractivity contribution in [2.24, 2.45) is 0 Å². The fourth-order valence-corrected chi connectivity index (χ4v) is 3.15. The largest absolute Gasteiger partial charge is 0.394 e. The smallest absolute Gasteiger partial charge is 0.273 e. The van der Waals surface area contributed by atoms with Gasteiger partial charge in [0.25, 0.3) is 10.1 Å². The molecule has 0 aromatic heterocycles. The van der Waals surface area contributed by atoms with Crippen LogP contribution in [0.2, 0.25) is 0 Å². The molecule has 0 aromatic carbocycles. The molecule has 0 aliphatic heterocycles. The normalized spacial score (nSPS) is 13.9. The Kier molecular flexibility index (Phi) is 13.0. The number of aliphatic hydroxyl groups is 1. The Hall–Kier alpha value is -0.430.